The molecule has 0 aliphatic carbocycles. The predicted molar refractivity (Wildman–Crippen MR) is 101 cm³/mol. The molecule has 124 valence electrons. The van der Waals surface area contributed by atoms with Gasteiger partial charge in [-0.15, -0.1) is 5.10 Å². The summed E-state index contributed by atoms with van der Waals surface area (Å²) in [4.78, 5) is 13.4. The number of pyridine rings is 1. The molecule has 0 aliphatic rings. The standard InChI is InChI=1S/C18H13Cl2N5/c1-10-9-21-11(2)18-23-17(24-25(10)18)6-4-13-3-5-14-15(20)7-12(19)8-16(14)22-13/h3-9H,1-2H3. The summed E-state index contributed by atoms with van der Waals surface area (Å²) >= 11 is 12.2. The number of rotatable bonds is 2. The van der Waals surface area contributed by atoms with Gasteiger partial charge in [0.1, 0.15) is 0 Å². The molecule has 3 heterocycles. The van der Waals surface area contributed by atoms with Crippen molar-refractivity contribution in [2.75, 3.05) is 0 Å². The molecule has 3 aromatic heterocycles. The molecule has 0 radical (unpaired) electrons. The third kappa shape index (κ3) is 2.97. The van der Waals surface area contributed by atoms with Crippen LogP contribution in [0.25, 0.3) is 28.7 Å². The zero-order chi connectivity index (χ0) is 17.6. The van der Waals surface area contributed by atoms with E-state index in [0.717, 1.165) is 33.6 Å². The molecule has 5 nitrogen and oxygen atoms in total. The minimum Gasteiger partial charge on any atom is -0.256 e. The van der Waals surface area contributed by atoms with E-state index in [4.69, 9.17) is 23.2 Å². The highest BCUT2D eigenvalue weighted by atomic mass is 35.5. The third-order valence-electron chi connectivity index (χ3n) is 3.87. The van der Waals surface area contributed by atoms with E-state index in [-0.39, 0.29) is 0 Å². The Kier molecular flexibility index (Phi) is 3.90. The summed E-state index contributed by atoms with van der Waals surface area (Å²) in [6, 6.07) is 7.33. The van der Waals surface area contributed by atoms with Crippen molar-refractivity contribution >= 4 is 51.9 Å². The van der Waals surface area contributed by atoms with Gasteiger partial charge >= 0.3 is 0 Å². The van der Waals surface area contributed by atoms with Gasteiger partial charge < -0.3 is 0 Å². The fraction of sp³-hybridized carbons (Fsp3) is 0.111. The highest BCUT2D eigenvalue weighted by Gasteiger charge is 2.07. The number of aryl methyl sites for hydroxylation is 2. The van der Waals surface area contributed by atoms with Gasteiger partial charge in [-0.05, 0) is 50.3 Å². The average molecular weight is 370 g/mol. The lowest BCUT2D eigenvalue weighted by molar-refractivity contribution is 0.884. The molecule has 0 atom stereocenters. The van der Waals surface area contributed by atoms with Gasteiger partial charge in [-0.3, -0.25) is 4.98 Å². The molecule has 4 rings (SSSR count). The second-order valence-electron chi connectivity index (χ2n) is 5.71. The van der Waals surface area contributed by atoms with Crippen molar-refractivity contribution in [3.8, 4) is 0 Å². The maximum absolute atomic E-state index is 6.19. The van der Waals surface area contributed by atoms with Crippen LogP contribution in [0.4, 0.5) is 0 Å². The lowest BCUT2D eigenvalue weighted by Gasteiger charge is -2.02. The fourth-order valence-corrected chi connectivity index (χ4v) is 3.15. The van der Waals surface area contributed by atoms with Crippen LogP contribution < -0.4 is 0 Å². The maximum Gasteiger partial charge on any atom is 0.177 e. The van der Waals surface area contributed by atoms with Gasteiger partial charge in [-0.1, -0.05) is 23.2 Å². The van der Waals surface area contributed by atoms with Crippen LogP contribution in [0.2, 0.25) is 10.0 Å². The van der Waals surface area contributed by atoms with Crippen LogP contribution in [0.1, 0.15) is 22.9 Å². The summed E-state index contributed by atoms with van der Waals surface area (Å²) < 4.78 is 1.79. The van der Waals surface area contributed by atoms with Crippen molar-refractivity contribution in [1.29, 1.82) is 0 Å². The van der Waals surface area contributed by atoms with E-state index in [1.807, 2.05) is 38.1 Å². The molecule has 25 heavy (non-hydrogen) atoms. The van der Waals surface area contributed by atoms with Gasteiger partial charge in [0.25, 0.3) is 0 Å². The largest absolute Gasteiger partial charge is 0.256 e. The first-order valence-corrected chi connectivity index (χ1v) is 8.40. The second-order valence-corrected chi connectivity index (χ2v) is 6.56. The number of hydrogen-bond donors (Lipinski definition) is 0. The molecular formula is C18H13Cl2N5. The van der Waals surface area contributed by atoms with Gasteiger partial charge in [0.2, 0.25) is 0 Å². The molecule has 0 aliphatic heterocycles. The van der Waals surface area contributed by atoms with Gasteiger partial charge in [0.05, 0.1) is 27.6 Å². The van der Waals surface area contributed by atoms with Crippen LogP contribution in [0.3, 0.4) is 0 Å². The van der Waals surface area contributed by atoms with Crippen LogP contribution in [-0.4, -0.2) is 24.6 Å². The smallest absolute Gasteiger partial charge is 0.177 e. The molecule has 0 saturated heterocycles. The molecule has 0 saturated carbocycles. The van der Waals surface area contributed by atoms with E-state index in [9.17, 15) is 0 Å². The van der Waals surface area contributed by atoms with Crippen LogP contribution in [0.5, 0.6) is 0 Å². The van der Waals surface area contributed by atoms with E-state index < -0.39 is 0 Å². The van der Waals surface area contributed by atoms with Crippen molar-refractivity contribution in [3.05, 3.63) is 63.4 Å². The average Bonchev–Trinajstić information content (AvgIpc) is 3.01. The van der Waals surface area contributed by atoms with E-state index in [2.05, 4.69) is 20.1 Å². The molecule has 0 spiro atoms. The number of fused-ring (bicyclic) bond motifs is 2. The molecule has 0 fully saturated rings. The molecule has 0 unspecified atom stereocenters. The summed E-state index contributed by atoms with van der Waals surface area (Å²) in [5, 5.41) is 6.51. The number of nitrogens with zero attached hydrogens (tertiary/aromatic N) is 5. The van der Waals surface area contributed by atoms with Crippen molar-refractivity contribution in [3.63, 3.8) is 0 Å². The van der Waals surface area contributed by atoms with Crippen molar-refractivity contribution < 1.29 is 0 Å². The molecule has 1 aromatic carbocycles. The van der Waals surface area contributed by atoms with E-state index in [1.165, 1.54) is 0 Å². The summed E-state index contributed by atoms with van der Waals surface area (Å²) in [7, 11) is 0. The number of benzene rings is 1. The van der Waals surface area contributed by atoms with E-state index in [1.54, 1.807) is 22.8 Å². The zero-order valence-electron chi connectivity index (χ0n) is 13.5. The molecule has 4 aromatic rings. The quantitative estimate of drug-likeness (QED) is 0.510. The minimum absolute atomic E-state index is 0.562. The minimum atomic E-state index is 0.562. The van der Waals surface area contributed by atoms with Crippen molar-refractivity contribution in [2.45, 2.75) is 13.8 Å². The van der Waals surface area contributed by atoms with Crippen molar-refractivity contribution in [1.82, 2.24) is 24.6 Å². The van der Waals surface area contributed by atoms with Crippen LogP contribution in [0, 0.1) is 13.8 Å². The Morgan fingerprint density at radius 1 is 1.04 bits per heavy atom. The predicted octanol–water partition coefficient (Wildman–Crippen LogP) is 4.77. The Morgan fingerprint density at radius 2 is 1.88 bits per heavy atom. The Hall–Kier alpha value is -2.50. The van der Waals surface area contributed by atoms with Gasteiger partial charge in [0, 0.05) is 16.6 Å². The highest BCUT2D eigenvalue weighted by molar-refractivity contribution is 6.38. The van der Waals surface area contributed by atoms with Crippen LogP contribution in [0.15, 0.2) is 30.5 Å². The Labute approximate surface area is 154 Å². The van der Waals surface area contributed by atoms with Crippen LogP contribution in [-0.2, 0) is 0 Å². The lowest BCUT2D eigenvalue weighted by Crippen LogP contribution is -1.97. The number of hydrogen-bond acceptors (Lipinski definition) is 4. The first kappa shape index (κ1) is 16.0. The topological polar surface area (TPSA) is 56.0 Å². The van der Waals surface area contributed by atoms with Gasteiger partial charge in [-0.25, -0.2) is 14.5 Å². The first-order valence-electron chi connectivity index (χ1n) is 7.64. The fourth-order valence-electron chi connectivity index (χ4n) is 2.61. The molecule has 0 amide bonds. The van der Waals surface area contributed by atoms with E-state index >= 15 is 0 Å². The number of aromatic nitrogens is 5. The second kappa shape index (κ2) is 6.10. The van der Waals surface area contributed by atoms with Crippen molar-refractivity contribution in [2.24, 2.45) is 0 Å². The zero-order valence-corrected chi connectivity index (χ0v) is 15.0. The summed E-state index contributed by atoms with van der Waals surface area (Å²) in [5.41, 5.74) is 4.05. The van der Waals surface area contributed by atoms with Gasteiger partial charge in [0.15, 0.2) is 11.5 Å². The van der Waals surface area contributed by atoms with Gasteiger partial charge in [-0.2, -0.15) is 0 Å². The summed E-state index contributed by atoms with van der Waals surface area (Å²) in [5.74, 6) is 0.602. The maximum atomic E-state index is 6.19. The summed E-state index contributed by atoms with van der Waals surface area (Å²) in [6.45, 7) is 3.86. The Balaban J connectivity index is 1.73. The molecular weight excluding hydrogens is 357 g/mol. The molecule has 0 bridgehead atoms. The third-order valence-corrected chi connectivity index (χ3v) is 4.40. The Morgan fingerprint density at radius 3 is 2.68 bits per heavy atom. The van der Waals surface area contributed by atoms with Crippen LogP contribution >= 0.6 is 23.2 Å². The van der Waals surface area contributed by atoms with E-state index in [0.29, 0.717) is 15.9 Å². The Bertz CT molecular complexity index is 1110. The monoisotopic (exact) mass is 369 g/mol. The highest BCUT2D eigenvalue weighted by Crippen LogP contribution is 2.27. The normalized spacial score (nSPS) is 11.8. The summed E-state index contributed by atoms with van der Waals surface area (Å²) in [6.07, 6.45) is 5.47. The molecule has 7 heteroatoms. The first-order chi connectivity index (χ1) is 12.0. The SMILES string of the molecule is Cc1ncc(C)n2nc(C=Cc3ccc4c(Cl)cc(Cl)cc4n3)nc12. The molecule has 0 N–H and O–H groups in total. The number of halogens is 2. The lowest BCUT2D eigenvalue weighted by atomic mass is 10.2.